The van der Waals surface area contributed by atoms with E-state index in [4.69, 9.17) is 17.4 Å². The molecule has 1 aromatic heterocycles. The summed E-state index contributed by atoms with van der Waals surface area (Å²) in [5.74, 6) is 0.426. The fraction of sp³-hybridized carbons (Fsp3) is 0.231. The molecule has 1 N–H and O–H groups in total. The number of likely N-dealkylation sites (N-methyl/N-ethyl adjacent to an activating group) is 1. The van der Waals surface area contributed by atoms with Gasteiger partial charge in [0.25, 0.3) is 11.8 Å². The SMILES string of the molecule is [2H]/C(=C1\C(=O)Nc2ccc(Cl)cc21)c1ccc(-c2cccc(C(=O)N3CCCN(C)CC3)c2)o1. The highest BCUT2D eigenvalue weighted by Crippen LogP contribution is 2.35. The number of furan rings is 1. The van der Waals surface area contributed by atoms with Crippen LogP contribution in [0.15, 0.2) is 59.0 Å². The van der Waals surface area contributed by atoms with Crippen LogP contribution in [0.3, 0.4) is 0 Å². The summed E-state index contributed by atoms with van der Waals surface area (Å²) in [5.41, 5.74) is 2.75. The highest BCUT2D eigenvalue weighted by molar-refractivity contribution is 6.36. The topological polar surface area (TPSA) is 65.8 Å². The normalized spacial score (nSPS) is 18.4. The van der Waals surface area contributed by atoms with Crippen molar-refractivity contribution in [3.8, 4) is 11.3 Å². The molecule has 0 saturated carbocycles. The number of carbonyl (C=O) groups is 2. The summed E-state index contributed by atoms with van der Waals surface area (Å²) >= 11 is 6.10. The van der Waals surface area contributed by atoms with Crippen molar-refractivity contribution >= 4 is 40.7 Å². The van der Waals surface area contributed by atoms with Gasteiger partial charge in [-0.15, -0.1) is 0 Å². The van der Waals surface area contributed by atoms with Crippen LogP contribution >= 0.6 is 11.6 Å². The molecule has 3 aromatic rings. The van der Waals surface area contributed by atoms with Gasteiger partial charge in [-0.1, -0.05) is 23.7 Å². The first-order valence-corrected chi connectivity index (χ1v) is 11.3. The zero-order valence-electron chi connectivity index (χ0n) is 19.2. The number of anilines is 1. The van der Waals surface area contributed by atoms with Crippen molar-refractivity contribution in [2.75, 3.05) is 38.5 Å². The van der Waals surface area contributed by atoms with E-state index in [0.29, 0.717) is 34.1 Å². The van der Waals surface area contributed by atoms with Gasteiger partial charge in [0, 0.05) is 47.0 Å². The van der Waals surface area contributed by atoms with E-state index in [1.54, 1.807) is 30.3 Å². The van der Waals surface area contributed by atoms with Crippen LogP contribution in [0.1, 0.15) is 29.5 Å². The smallest absolute Gasteiger partial charge is 0.256 e. The number of rotatable bonds is 3. The Kier molecular flexibility index (Phi) is 5.46. The largest absolute Gasteiger partial charge is 0.457 e. The predicted octanol–water partition coefficient (Wildman–Crippen LogP) is 4.87. The van der Waals surface area contributed by atoms with E-state index in [1.807, 2.05) is 29.2 Å². The van der Waals surface area contributed by atoms with Crippen LogP contribution in [0.2, 0.25) is 5.02 Å². The molecule has 33 heavy (non-hydrogen) atoms. The highest BCUT2D eigenvalue weighted by Gasteiger charge is 2.25. The maximum atomic E-state index is 13.1. The molecule has 6 nitrogen and oxygen atoms in total. The third-order valence-corrected chi connectivity index (χ3v) is 6.22. The van der Waals surface area contributed by atoms with E-state index in [0.717, 1.165) is 31.6 Å². The third-order valence-electron chi connectivity index (χ3n) is 5.98. The minimum absolute atomic E-state index is 0.00309. The van der Waals surface area contributed by atoms with Crippen LogP contribution in [0, 0.1) is 0 Å². The molecule has 0 radical (unpaired) electrons. The first-order valence-electron chi connectivity index (χ1n) is 11.4. The molecule has 168 valence electrons. The number of fused-ring (bicyclic) bond motifs is 1. The zero-order chi connectivity index (χ0) is 23.8. The Hall–Kier alpha value is -3.35. The lowest BCUT2D eigenvalue weighted by molar-refractivity contribution is -0.110. The second-order valence-corrected chi connectivity index (χ2v) is 8.77. The average Bonchev–Trinajstić information content (AvgIpc) is 3.38. The molecule has 0 atom stereocenters. The van der Waals surface area contributed by atoms with Gasteiger partial charge < -0.3 is 19.5 Å². The molecule has 0 aliphatic carbocycles. The van der Waals surface area contributed by atoms with Crippen molar-refractivity contribution in [1.29, 1.82) is 0 Å². The molecule has 1 saturated heterocycles. The Morgan fingerprint density at radius 3 is 2.88 bits per heavy atom. The van der Waals surface area contributed by atoms with Crippen molar-refractivity contribution in [2.45, 2.75) is 6.42 Å². The van der Waals surface area contributed by atoms with E-state index in [9.17, 15) is 9.59 Å². The monoisotopic (exact) mass is 462 g/mol. The van der Waals surface area contributed by atoms with E-state index in [-0.39, 0.29) is 29.2 Å². The fourth-order valence-corrected chi connectivity index (χ4v) is 4.36. The van der Waals surface area contributed by atoms with Crippen molar-refractivity contribution in [1.82, 2.24) is 9.80 Å². The van der Waals surface area contributed by atoms with Gasteiger partial charge in [-0.2, -0.15) is 0 Å². The highest BCUT2D eigenvalue weighted by atomic mass is 35.5. The summed E-state index contributed by atoms with van der Waals surface area (Å²) in [5, 5.41) is 3.24. The molecule has 3 heterocycles. The summed E-state index contributed by atoms with van der Waals surface area (Å²) in [7, 11) is 2.07. The number of halogens is 1. The molecule has 2 amide bonds. The van der Waals surface area contributed by atoms with E-state index in [1.165, 1.54) is 0 Å². The number of hydrogen-bond acceptors (Lipinski definition) is 4. The summed E-state index contributed by atoms with van der Waals surface area (Å²) in [6, 6.07) is 15.8. The number of amides is 2. The lowest BCUT2D eigenvalue weighted by atomic mass is 10.1. The maximum Gasteiger partial charge on any atom is 0.256 e. The molecule has 2 aromatic carbocycles. The molecule has 2 aliphatic heterocycles. The summed E-state index contributed by atoms with van der Waals surface area (Å²) < 4.78 is 14.6. The van der Waals surface area contributed by atoms with Gasteiger partial charge in [-0.25, -0.2) is 0 Å². The van der Waals surface area contributed by atoms with Gasteiger partial charge in [0.05, 0.1) is 6.94 Å². The lowest BCUT2D eigenvalue weighted by Crippen LogP contribution is -2.34. The van der Waals surface area contributed by atoms with Gasteiger partial charge in [0.15, 0.2) is 0 Å². The summed E-state index contributed by atoms with van der Waals surface area (Å²) in [6.45, 7) is 3.28. The minimum atomic E-state index is -0.365. The van der Waals surface area contributed by atoms with Crippen LogP contribution in [0.5, 0.6) is 0 Å². The van der Waals surface area contributed by atoms with Crippen LogP contribution in [-0.2, 0) is 4.79 Å². The Labute approximate surface area is 198 Å². The number of carbonyl (C=O) groups excluding carboxylic acids is 2. The zero-order valence-corrected chi connectivity index (χ0v) is 19.0. The van der Waals surface area contributed by atoms with Crippen LogP contribution in [0.4, 0.5) is 5.69 Å². The quantitative estimate of drug-likeness (QED) is 0.564. The fourth-order valence-electron chi connectivity index (χ4n) is 4.18. The van der Waals surface area contributed by atoms with Crippen molar-refractivity contribution in [3.05, 3.63) is 76.5 Å². The first-order chi connectivity index (χ1) is 16.4. The molecular weight excluding hydrogens is 438 g/mol. The first kappa shape index (κ1) is 20.3. The van der Waals surface area contributed by atoms with Crippen LogP contribution in [-0.4, -0.2) is 54.8 Å². The number of nitrogens with zero attached hydrogens (tertiary/aromatic N) is 2. The molecule has 0 bridgehead atoms. The molecule has 0 unspecified atom stereocenters. The van der Waals surface area contributed by atoms with Crippen molar-refractivity contribution in [2.24, 2.45) is 0 Å². The van der Waals surface area contributed by atoms with Gasteiger partial charge in [-0.05, 0) is 68.5 Å². The Morgan fingerprint density at radius 2 is 2.00 bits per heavy atom. The van der Waals surface area contributed by atoms with Crippen molar-refractivity contribution < 1.29 is 15.4 Å². The number of nitrogens with one attached hydrogen (secondary N) is 1. The standard InChI is InChI=1S/C26H24ClN3O3/c1-29-10-3-11-30(13-12-29)26(32)18-5-2-4-17(14-18)24-9-7-20(33-24)16-22-21-15-19(27)6-8-23(21)28-25(22)31/h2,4-9,14-16H,3,10-13H2,1H3,(H,28,31)/b22-16+/i16D. The Bertz CT molecular complexity index is 1320. The van der Waals surface area contributed by atoms with Gasteiger partial charge in [0.1, 0.15) is 11.5 Å². The van der Waals surface area contributed by atoms with Gasteiger partial charge in [-0.3, -0.25) is 9.59 Å². The van der Waals surface area contributed by atoms with Gasteiger partial charge >= 0.3 is 0 Å². The maximum absolute atomic E-state index is 13.1. The molecule has 0 spiro atoms. The van der Waals surface area contributed by atoms with Crippen LogP contribution in [0.25, 0.3) is 22.9 Å². The van der Waals surface area contributed by atoms with Crippen LogP contribution < -0.4 is 5.32 Å². The number of benzene rings is 2. The summed E-state index contributed by atoms with van der Waals surface area (Å²) in [4.78, 5) is 29.8. The lowest BCUT2D eigenvalue weighted by Gasteiger charge is -2.20. The molecule has 7 heteroatoms. The van der Waals surface area contributed by atoms with E-state index < -0.39 is 0 Å². The molecule has 1 fully saturated rings. The third kappa shape index (κ3) is 4.45. The Morgan fingerprint density at radius 1 is 1.12 bits per heavy atom. The minimum Gasteiger partial charge on any atom is -0.457 e. The molecular formula is C26H24ClN3O3. The van der Waals surface area contributed by atoms with Gasteiger partial charge in [0.2, 0.25) is 0 Å². The summed E-state index contributed by atoms with van der Waals surface area (Å²) in [6.07, 6.45) is 0.951. The predicted molar refractivity (Wildman–Crippen MR) is 130 cm³/mol. The average molecular weight is 463 g/mol. The second kappa shape index (κ2) is 8.89. The van der Waals surface area contributed by atoms with E-state index >= 15 is 0 Å². The van der Waals surface area contributed by atoms with Crippen molar-refractivity contribution in [3.63, 3.8) is 0 Å². The second-order valence-electron chi connectivity index (χ2n) is 8.34. The molecule has 2 aliphatic rings. The molecule has 5 rings (SSSR count). The van der Waals surface area contributed by atoms with E-state index in [2.05, 4.69) is 17.3 Å². The Balaban J connectivity index is 1.43. The number of hydrogen-bond donors (Lipinski definition) is 1.